The summed E-state index contributed by atoms with van der Waals surface area (Å²) in [4.78, 5) is 2.94. The van der Waals surface area contributed by atoms with Crippen LogP contribution in [-0.4, -0.2) is 14.1 Å². The van der Waals surface area contributed by atoms with Crippen molar-refractivity contribution in [1.82, 2.24) is 0 Å². The summed E-state index contributed by atoms with van der Waals surface area (Å²) >= 11 is 1.13. The van der Waals surface area contributed by atoms with Gasteiger partial charge >= 0.3 is 0 Å². The molecule has 4 nitrogen and oxygen atoms in total. The molecule has 5 heteroatoms. The number of benzene rings is 2. The molecule has 0 amide bonds. The van der Waals surface area contributed by atoms with Gasteiger partial charge < -0.3 is 4.90 Å². The third-order valence-corrected chi connectivity index (χ3v) is 3.25. The lowest BCUT2D eigenvalue weighted by Gasteiger charge is -2.11. The molecule has 0 spiro atoms. The zero-order chi connectivity index (χ0) is 14.4. The van der Waals surface area contributed by atoms with Gasteiger partial charge in [0.1, 0.15) is 5.40 Å². The number of thioether (sulfide) groups is 1. The van der Waals surface area contributed by atoms with Crippen molar-refractivity contribution < 1.29 is 0 Å². The van der Waals surface area contributed by atoms with E-state index in [2.05, 4.69) is 10.2 Å². The van der Waals surface area contributed by atoms with E-state index in [1.54, 1.807) is 0 Å². The van der Waals surface area contributed by atoms with Gasteiger partial charge in [0.15, 0.2) is 0 Å². The molecule has 0 aliphatic rings. The second kappa shape index (κ2) is 6.73. The summed E-state index contributed by atoms with van der Waals surface area (Å²) in [5.41, 5.74) is 2.71. The van der Waals surface area contributed by atoms with Gasteiger partial charge in [0.25, 0.3) is 0 Å². The maximum atomic E-state index is 8.57. The van der Waals surface area contributed by atoms with Crippen molar-refractivity contribution in [3.63, 3.8) is 0 Å². The molecule has 0 saturated heterocycles. The predicted molar refractivity (Wildman–Crippen MR) is 82.9 cm³/mol. The van der Waals surface area contributed by atoms with Gasteiger partial charge in [0.2, 0.25) is 0 Å². The predicted octanol–water partition coefficient (Wildman–Crippen LogP) is 4.74. The average Bonchev–Trinajstić information content (AvgIpc) is 2.47. The summed E-state index contributed by atoms with van der Waals surface area (Å²) in [5, 5.41) is 19.0. The van der Waals surface area contributed by atoms with Gasteiger partial charge in [-0.1, -0.05) is 0 Å². The van der Waals surface area contributed by atoms with Gasteiger partial charge in [-0.2, -0.15) is 15.5 Å². The van der Waals surface area contributed by atoms with E-state index in [1.165, 1.54) is 0 Å². The Morgan fingerprint density at radius 3 is 1.85 bits per heavy atom. The van der Waals surface area contributed by atoms with Crippen LogP contribution in [0, 0.1) is 10.7 Å². The summed E-state index contributed by atoms with van der Waals surface area (Å²) in [6.45, 7) is 0. The topological polar surface area (TPSA) is 51.8 Å². The van der Waals surface area contributed by atoms with Crippen LogP contribution in [0.5, 0.6) is 0 Å². The van der Waals surface area contributed by atoms with Crippen LogP contribution in [0.1, 0.15) is 0 Å². The van der Waals surface area contributed by atoms with Crippen molar-refractivity contribution in [1.29, 1.82) is 5.26 Å². The summed E-state index contributed by atoms with van der Waals surface area (Å²) in [7, 11) is 3.99. The number of anilines is 1. The van der Waals surface area contributed by atoms with Crippen LogP contribution in [0.4, 0.5) is 17.1 Å². The first-order valence-corrected chi connectivity index (χ1v) is 6.86. The second-order valence-corrected chi connectivity index (χ2v) is 5.16. The molecule has 20 heavy (non-hydrogen) atoms. The van der Waals surface area contributed by atoms with E-state index in [9.17, 15) is 0 Å². The number of nitriles is 1. The summed E-state index contributed by atoms with van der Waals surface area (Å²) in [6, 6.07) is 15.3. The van der Waals surface area contributed by atoms with Crippen LogP contribution in [-0.2, 0) is 0 Å². The minimum atomic E-state index is 0.768. The Kier molecular flexibility index (Phi) is 4.75. The average molecular weight is 282 g/mol. The van der Waals surface area contributed by atoms with Gasteiger partial charge in [0.05, 0.1) is 11.4 Å². The highest BCUT2D eigenvalue weighted by molar-refractivity contribution is 8.03. The van der Waals surface area contributed by atoms with E-state index in [-0.39, 0.29) is 0 Å². The molecule has 0 bridgehead atoms. The van der Waals surface area contributed by atoms with E-state index < -0.39 is 0 Å². The lowest BCUT2D eigenvalue weighted by Crippen LogP contribution is -2.07. The molecule has 0 aliphatic heterocycles. The smallest absolute Gasteiger partial charge is 0.138 e. The largest absolute Gasteiger partial charge is 0.378 e. The lowest BCUT2D eigenvalue weighted by atomic mass is 10.3. The van der Waals surface area contributed by atoms with Gasteiger partial charge in [-0.3, -0.25) is 0 Å². The molecule has 0 fully saturated rings. The Balaban J connectivity index is 2.07. The van der Waals surface area contributed by atoms with Gasteiger partial charge in [-0.05, 0) is 60.3 Å². The van der Waals surface area contributed by atoms with Crippen molar-refractivity contribution in [3.8, 4) is 5.40 Å². The molecule has 0 heterocycles. The first kappa shape index (κ1) is 14.1. The van der Waals surface area contributed by atoms with E-state index in [0.717, 1.165) is 33.7 Å². The van der Waals surface area contributed by atoms with E-state index >= 15 is 0 Å². The minimum absolute atomic E-state index is 0.768. The van der Waals surface area contributed by atoms with Crippen LogP contribution >= 0.6 is 11.8 Å². The van der Waals surface area contributed by atoms with Crippen molar-refractivity contribution in [2.45, 2.75) is 4.90 Å². The number of azo groups is 1. The van der Waals surface area contributed by atoms with Crippen LogP contribution in [0.3, 0.4) is 0 Å². The molecule has 2 aromatic rings. The number of rotatable bonds is 4. The van der Waals surface area contributed by atoms with Crippen molar-refractivity contribution in [2.24, 2.45) is 10.2 Å². The third kappa shape index (κ3) is 3.84. The van der Waals surface area contributed by atoms with E-state index in [1.807, 2.05) is 72.9 Å². The van der Waals surface area contributed by atoms with Crippen LogP contribution < -0.4 is 4.90 Å². The molecule has 0 aromatic heterocycles. The number of nitrogens with zero attached hydrogens (tertiary/aromatic N) is 4. The Bertz CT molecular complexity index is 624. The zero-order valence-electron chi connectivity index (χ0n) is 11.3. The van der Waals surface area contributed by atoms with Crippen LogP contribution in [0.25, 0.3) is 0 Å². The maximum Gasteiger partial charge on any atom is 0.138 e. The Morgan fingerprint density at radius 2 is 1.40 bits per heavy atom. The van der Waals surface area contributed by atoms with E-state index in [0.29, 0.717) is 0 Å². The zero-order valence-corrected chi connectivity index (χ0v) is 12.1. The first-order valence-electron chi connectivity index (χ1n) is 6.04. The normalized spacial score (nSPS) is 10.4. The summed E-state index contributed by atoms with van der Waals surface area (Å²) < 4.78 is 0. The van der Waals surface area contributed by atoms with Crippen LogP contribution in [0.15, 0.2) is 63.7 Å². The highest BCUT2D eigenvalue weighted by Crippen LogP contribution is 2.23. The molecule has 0 radical (unpaired) electrons. The fourth-order valence-corrected chi connectivity index (χ4v) is 1.94. The molecule has 2 rings (SSSR count). The van der Waals surface area contributed by atoms with Crippen LogP contribution in [0.2, 0.25) is 0 Å². The number of hydrogen-bond donors (Lipinski definition) is 0. The Morgan fingerprint density at radius 1 is 0.900 bits per heavy atom. The monoisotopic (exact) mass is 282 g/mol. The Labute approximate surface area is 122 Å². The quantitative estimate of drug-likeness (QED) is 0.462. The van der Waals surface area contributed by atoms with Gasteiger partial charge in [-0.25, -0.2) is 0 Å². The summed E-state index contributed by atoms with van der Waals surface area (Å²) in [5.74, 6) is 0. The minimum Gasteiger partial charge on any atom is -0.378 e. The number of hydrogen-bond acceptors (Lipinski definition) is 5. The molecule has 0 saturated carbocycles. The summed E-state index contributed by atoms with van der Waals surface area (Å²) in [6.07, 6.45) is 0. The Hall–Kier alpha value is -2.32. The molecule has 0 aliphatic carbocycles. The third-order valence-electron chi connectivity index (χ3n) is 2.65. The van der Waals surface area contributed by atoms with Crippen molar-refractivity contribution in [2.75, 3.05) is 19.0 Å². The van der Waals surface area contributed by atoms with Gasteiger partial charge in [-0.15, -0.1) is 0 Å². The molecular weight excluding hydrogens is 268 g/mol. The molecule has 0 N–H and O–H groups in total. The molecule has 100 valence electrons. The molecule has 0 unspecified atom stereocenters. The molecule has 0 atom stereocenters. The second-order valence-electron chi connectivity index (χ2n) is 4.30. The van der Waals surface area contributed by atoms with E-state index in [4.69, 9.17) is 5.26 Å². The first-order chi connectivity index (χ1) is 9.69. The SMILES string of the molecule is CN(C)c1ccc(N=Nc2ccc(SC#N)cc2)cc1. The maximum absolute atomic E-state index is 8.57. The van der Waals surface area contributed by atoms with Crippen molar-refractivity contribution in [3.05, 3.63) is 48.5 Å². The van der Waals surface area contributed by atoms with Crippen molar-refractivity contribution >= 4 is 28.8 Å². The molecule has 2 aromatic carbocycles. The van der Waals surface area contributed by atoms with Gasteiger partial charge in [0, 0.05) is 24.7 Å². The number of thiocyanates is 1. The standard InChI is InChI=1S/C15H14N4S/c1-19(2)14-7-3-12(4-8-14)17-18-13-5-9-15(10-6-13)20-11-16/h3-10H,1-2H3. The fourth-order valence-electron chi connectivity index (χ4n) is 1.57. The molecular formula is C15H14N4S. The highest BCUT2D eigenvalue weighted by atomic mass is 32.2. The lowest BCUT2D eigenvalue weighted by molar-refractivity contribution is 1.13. The fraction of sp³-hybridized carbons (Fsp3) is 0.133. The highest BCUT2D eigenvalue weighted by Gasteiger charge is 1.96.